The summed E-state index contributed by atoms with van der Waals surface area (Å²) in [5.74, 6) is -0.501. The van der Waals surface area contributed by atoms with E-state index in [1.807, 2.05) is 0 Å². The van der Waals surface area contributed by atoms with Gasteiger partial charge in [-0.2, -0.15) is 4.21 Å². The summed E-state index contributed by atoms with van der Waals surface area (Å²) >= 11 is -2.75. The van der Waals surface area contributed by atoms with Crippen molar-refractivity contribution in [2.24, 2.45) is 0 Å². The summed E-state index contributed by atoms with van der Waals surface area (Å²) < 4.78 is 23.0. The zero-order chi connectivity index (χ0) is 13.2. The molecule has 0 saturated heterocycles. The van der Waals surface area contributed by atoms with Crippen molar-refractivity contribution in [1.29, 1.82) is 0 Å². The smallest absolute Gasteiger partial charge is 0.357 e. The normalized spacial score (nSPS) is 11.8. The second-order valence-corrected chi connectivity index (χ2v) is 3.29. The quantitative estimate of drug-likeness (QED) is 0.345. The lowest BCUT2D eigenvalue weighted by atomic mass is 10.2. The molecule has 10 nitrogen and oxygen atoms in total. The first-order valence-corrected chi connectivity index (χ1v) is 4.87. The fraction of sp³-hybridized carbons (Fsp3) is 0. The molecule has 0 aliphatic rings. The molecule has 11 heteroatoms. The second-order valence-electron chi connectivity index (χ2n) is 2.69. The van der Waals surface area contributed by atoms with Gasteiger partial charge in [0.1, 0.15) is 0 Å². The summed E-state index contributed by atoms with van der Waals surface area (Å²) in [4.78, 5) is 19.2. The molecule has 0 bridgehead atoms. The molecule has 1 aromatic carbocycles. The highest BCUT2D eigenvalue weighted by Gasteiger charge is 2.25. The molecule has 1 unspecified atom stereocenters. The van der Waals surface area contributed by atoms with E-state index >= 15 is 0 Å². The topological polar surface area (TPSA) is 159 Å². The van der Waals surface area contributed by atoms with Gasteiger partial charge in [-0.3, -0.25) is 24.8 Å². The molecule has 1 aromatic rings. The first-order chi connectivity index (χ1) is 7.82. The zero-order valence-corrected chi connectivity index (χ0v) is 8.75. The van der Waals surface area contributed by atoms with Crippen LogP contribution in [0.2, 0.25) is 0 Å². The molecule has 3 N–H and O–H groups in total. The number of nitrogen functional groups attached to an aromatic ring is 1. The van der Waals surface area contributed by atoms with E-state index in [-0.39, 0.29) is 0 Å². The Morgan fingerprint density at radius 3 is 1.94 bits per heavy atom. The summed E-state index contributed by atoms with van der Waals surface area (Å²) in [5.41, 5.74) is 3.00. The molecule has 0 saturated carbocycles. The van der Waals surface area contributed by atoms with Gasteiger partial charge >= 0.3 is 22.7 Å². The lowest BCUT2D eigenvalue weighted by Gasteiger charge is -2.03. The molecule has 0 amide bonds. The van der Waals surface area contributed by atoms with Crippen molar-refractivity contribution in [3.8, 4) is 5.75 Å². The number of nitro benzene ring substituents is 2. The van der Waals surface area contributed by atoms with Crippen LogP contribution in [0.5, 0.6) is 5.75 Å². The van der Waals surface area contributed by atoms with Gasteiger partial charge in [0.25, 0.3) is 0 Å². The minimum atomic E-state index is -2.75. The lowest BCUT2D eigenvalue weighted by Crippen LogP contribution is -2.04. The Labute approximate surface area is 95.8 Å². The Hall–Kier alpha value is -2.27. The van der Waals surface area contributed by atoms with E-state index in [0.717, 1.165) is 12.1 Å². The van der Waals surface area contributed by atoms with Crippen LogP contribution in [-0.4, -0.2) is 18.6 Å². The minimum absolute atomic E-state index is 0.501. The number of hydrogen-bond donors (Lipinski definition) is 2. The Morgan fingerprint density at radius 1 is 1.24 bits per heavy atom. The fourth-order valence-electron chi connectivity index (χ4n) is 1.03. The highest BCUT2D eigenvalue weighted by molar-refractivity contribution is 7.74. The molecule has 0 radical (unpaired) electrons. The van der Waals surface area contributed by atoms with Crippen LogP contribution in [0, 0.1) is 20.2 Å². The van der Waals surface area contributed by atoms with Crippen LogP contribution in [0.1, 0.15) is 0 Å². The predicted molar refractivity (Wildman–Crippen MR) is 55.6 cm³/mol. The van der Waals surface area contributed by atoms with Crippen LogP contribution >= 0.6 is 0 Å². The van der Waals surface area contributed by atoms with Gasteiger partial charge in [-0.15, -0.1) is 0 Å². The molecule has 92 valence electrons. The Morgan fingerprint density at radius 2 is 1.65 bits per heavy atom. The second kappa shape index (κ2) is 4.71. The molecule has 0 spiro atoms. The number of anilines is 1. The van der Waals surface area contributed by atoms with E-state index in [1.54, 1.807) is 0 Å². The molecule has 0 aliphatic heterocycles. The highest BCUT2D eigenvalue weighted by atomic mass is 32.2. The Kier molecular flexibility index (Phi) is 3.55. The van der Waals surface area contributed by atoms with Gasteiger partial charge in [-0.05, 0) is 0 Å². The van der Waals surface area contributed by atoms with Crippen molar-refractivity contribution in [1.82, 2.24) is 0 Å². The summed E-state index contributed by atoms with van der Waals surface area (Å²) in [6.07, 6.45) is 0. The van der Waals surface area contributed by atoms with Crippen molar-refractivity contribution in [3.05, 3.63) is 32.4 Å². The van der Waals surface area contributed by atoms with Crippen molar-refractivity contribution in [2.45, 2.75) is 0 Å². The van der Waals surface area contributed by atoms with Crippen molar-refractivity contribution >= 4 is 28.4 Å². The van der Waals surface area contributed by atoms with Gasteiger partial charge in [0.2, 0.25) is 0 Å². The molecular formula is C6H5N3O7S. The van der Waals surface area contributed by atoms with Gasteiger partial charge in [-0.1, -0.05) is 0 Å². The van der Waals surface area contributed by atoms with E-state index < -0.39 is 44.0 Å². The summed E-state index contributed by atoms with van der Waals surface area (Å²) in [6.45, 7) is 0. The van der Waals surface area contributed by atoms with Gasteiger partial charge < -0.3 is 9.92 Å². The number of nitro groups is 2. The van der Waals surface area contributed by atoms with Crippen molar-refractivity contribution in [2.75, 3.05) is 5.73 Å². The first kappa shape index (κ1) is 12.8. The van der Waals surface area contributed by atoms with Crippen LogP contribution in [-0.2, 0) is 11.4 Å². The Bertz CT molecular complexity index is 481. The van der Waals surface area contributed by atoms with Gasteiger partial charge in [-0.25, -0.2) is 0 Å². The number of hydrogen-bond acceptors (Lipinski definition) is 7. The van der Waals surface area contributed by atoms with E-state index in [9.17, 15) is 24.4 Å². The van der Waals surface area contributed by atoms with E-state index in [2.05, 4.69) is 4.18 Å². The van der Waals surface area contributed by atoms with Crippen LogP contribution < -0.4 is 9.92 Å². The largest absolute Gasteiger partial charge is 0.387 e. The fourth-order valence-corrected chi connectivity index (χ4v) is 1.29. The zero-order valence-electron chi connectivity index (χ0n) is 7.93. The average molecular weight is 263 g/mol. The minimum Gasteiger partial charge on any atom is -0.387 e. The van der Waals surface area contributed by atoms with E-state index in [4.69, 9.17) is 10.3 Å². The van der Waals surface area contributed by atoms with E-state index in [0.29, 0.717) is 0 Å². The molecule has 0 fully saturated rings. The molecule has 0 aliphatic carbocycles. The SMILES string of the molecule is Nc1c([N+](=O)[O-])cc(OS(=O)O)cc1[N+](=O)[O-]. The average Bonchev–Trinajstić information content (AvgIpc) is 2.18. The van der Waals surface area contributed by atoms with Crippen LogP contribution in [0.3, 0.4) is 0 Å². The predicted octanol–water partition coefficient (Wildman–Crippen LogP) is 0.601. The standard InChI is InChI=1S/C6H5N3O7S/c7-6-4(8(10)11)1-3(16-17(14)15)2-5(6)9(12)13/h1-2H,7H2,(H,14,15). The molecular weight excluding hydrogens is 258 g/mol. The summed E-state index contributed by atoms with van der Waals surface area (Å²) in [5, 5.41) is 21.1. The maximum absolute atomic E-state index is 10.5. The van der Waals surface area contributed by atoms with Gasteiger partial charge in [0.15, 0.2) is 11.4 Å². The molecule has 0 heterocycles. The van der Waals surface area contributed by atoms with Crippen LogP contribution in [0.25, 0.3) is 0 Å². The summed E-state index contributed by atoms with van der Waals surface area (Å²) in [7, 11) is 0. The third kappa shape index (κ3) is 2.85. The van der Waals surface area contributed by atoms with Gasteiger partial charge in [0.05, 0.1) is 22.0 Å². The number of nitrogens with zero attached hydrogens (tertiary/aromatic N) is 2. The van der Waals surface area contributed by atoms with Crippen molar-refractivity contribution in [3.63, 3.8) is 0 Å². The summed E-state index contributed by atoms with van der Waals surface area (Å²) in [6, 6.07) is 1.44. The number of nitrogens with two attached hydrogens (primary N) is 1. The Balaban J connectivity index is 3.41. The third-order valence-corrected chi connectivity index (χ3v) is 2.01. The first-order valence-electron chi connectivity index (χ1n) is 3.84. The number of benzene rings is 1. The number of rotatable bonds is 4. The molecule has 17 heavy (non-hydrogen) atoms. The van der Waals surface area contributed by atoms with Crippen LogP contribution in [0.15, 0.2) is 12.1 Å². The van der Waals surface area contributed by atoms with Crippen molar-refractivity contribution < 1.29 is 22.8 Å². The third-order valence-electron chi connectivity index (χ3n) is 1.67. The lowest BCUT2D eigenvalue weighted by molar-refractivity contribution is -0.392. The molecule has 1 rings (SSSR count). The maximum atomic E-state index is 10.5. The highest BCUT2D eigenvalue weighted by Crippen LogP contribution is 2.35. The molecule has 1 atom stereocenters. The van der Waals surface area contributed by atoms with Gasteiger partial charge in [0, 0.05) is 0 Å². The van der Waals surface area contributed by atoms with E-state index in [1.165, 1.54) is 0 Å². The molecule has 0 aromatic heterocycles. The van der Waals surface area contributed by atoms with Crippen LogP contribution in [0.4, 0.5) is 17.1 Å². The maximum Gasteiger partial charge on any atom is 0.357 e. The monoisotopic (exact) mass is 263 g/mol.